The number of hydrogen-bond donors (Lipinski definition) is 2. The Morgan fingerprint density at radius 3 is 2.19 bits per heavy atom. The lowest BCUT2D eigenvalue weighted by atomic mass is 10.0. The summed E-state index contributed by atoms with van der Waals surface area (Å²) < 4.78 is 63.3. The highest BCUT2D eigenvalue weighted by Gasteiger charge is 2.47. The Bertz CT molecular complexity index is 1130. The van der Waals surface area contributed by atoms with Gasteiger partial charge in [0.25, 0.3) is 0 Å². The van der Waals surface area contributed by atoms with Gasteiger partial charge in [-0.15, -0.1) is 0 Å². The van der Waals surface area contributed by atoms with Gasteiger partial charge in [-0.25, -0.2) is 9.78 Å². The third-order valence-electron chi connectivity index (χ3n) is 3.69. The molecule has 0 saturated carbocycles. The van der Waals surface area contributed by atoms with E-state index in [-0.39, 0.29) is 22.2 Å². The quantitative estimate of drug-likeness (QED) is 0.698. The number of rotatable bonds is 4. The summed E-state index contributed by atoms with van der Waals surface area (Å²) in [5, 5.41) is 9.60. The molecule has 0 amide bonds. The molecule has 3 rings (SSSR count). The highest BCUT2D eigenvalue weighted by Crippen LogP contribution is 2.37. The fourth-order valence-electron chi connectivity index (χ4n) is 2.53. The summed E-state index contributed by atoms with van der Waals surface area (Å²) in [7, 11) is -5.86. The molecular formula is C17H11F3N2O4S. The lowest BCUT2D eigenvalue weighted by molar-refractivity contribution is -0.0429. The Morgan fingerprint density at radius 1 is 1.00 bits per heavy atom. The maximum Gasteiger partial charge on any atom is 0.516 e. The first kappa shape index (κ1) is 18.6. The number of fused-ring (bicyclic) bond motifs is 1. The number of aromatic carboxylic acids is 1. The highest BCUT2D eigenvalue weighted by atomic mass is 32.2. The Morgan fingerprint density at radius 2 is 1.59 bits per heavy atom. The van der Waals surface area contributed by atoms with Crippen LogP contribution in [0.4, 0.5) is 18.9 Å². The number of aromatic nitrogens is 1. The fourth-order valence-corrected chi connectivity index (χ4v) is 3.11. The minimum absolute atomic E-state index is 0.00422. The van der Waals surface area contributed by atoms with Gasteiger partial charge in [0, 0.05) is 10.9 Å². The minimum Gasteiger partial charge on any atom is -0.478 e. The Balaban J connectivity index is 2.41. The predicted molar refractivity (Wildman–Crippen MR) is 92.7 cm³/mol. The van der Waals surface area contributed by atoms with Crippen molar-refractivity contribution in [2.24, 2.45) is 0 Å². The van der Waals surface area contributed by atoms with Gasteiger partial charge in [0.2, 0.25) is 0 Å². The van der Waals surface area contributed by atoms with E-state index in [1.165, 1.54) is 35.1 Å². The molecule has 0 unspecified atom stereocenters. The largest absolute Gasteiger partial charge is 0.516 e. The first-order valence-corrected chi connectivity index (χ1v) is 8.90. The van der Waals surface area contributed by atoms with Crippen molar-refractivity contribution >= 4 is 32.6 Å². The lowest BCUT2D eigenvalue weighted by Crippen LogP contribution is -2.31. The van der Waals surface area contributed by atoms with Gasteiger partial charge in [-0.3, -0.25) is 4.72 Å². The van der Waals surface area contributed by atoms with Crippen LogP contribution in [0.3, 0.4) is 0 Å². The number of halogens is 3. The first-order chi connectivity index (χ1) is 12.6. The van der Waals surface area contributed by atoms with Crippen LogP contribution in [-0.2, 0) is 10.0 Å². The number of carbonyl (C=O) groups is 1. The molecule has 0 radical (unpaired) electrons. The molecule has 2 aromatic carbocycles. The number of benzene rings is 2. The molecule has 140 valence electrons. The van der Waals surface area contributed by atoms with E-state index >= 15 is 0 Å². The van der Waals surface area contributed by atoms with Crippen LogP contribution in [-0.4, -0.2) is 30.0 Å². The van der Waals surface area contributed by atoms with Crippen molar-refractivity contribution in [3.8, 4) is 11.3 Å². The average molecular weight is 396 g/mol. The van der Waals surface area contributed by atoms with Gasteiger partial charge in [0.05, 0.1) is 22.5 Å². The second kappa shape index (κ2) is 6.54. The summed E-state index contributed by atoms with van der Waals surface area (Å²) in [5.41, 5.74) is -6.76. The summed E-state index contributed by atoms with van der Waals surface area (Å²) >= 11 is 0. The highest BCUT2D eigenvalue weighted by molar-refractivity contribution is 7.93. The number of carboxylic acids is 1. The van der Waals surface area contributed by atoms with Gasteiger partial charge in [-0.05, 0) is 6.07 Å². The van der Waals surface area contributed by atoms with Gasteiger partial charge in [-0.2, -0.15) is 21.6 Å². The van der Waals surface area contributed by atoms with Gasteiger partial charge < -0.3 is 5.11 Å². The van der Waals surface area contributed by atoms with Crippen LogP contribution in [0.15, 0.2) is 54.6 Å². The SMILES string of the molecule is O=C(O)c1c(NS(=O)(=O)C(F)(F)F)c(-c2ccccc2)nc2ccccc12. The van der Waals surface area contributed by atoms with Crippen molar-refractivity contribution in [3.05, 3.63) is 60.2 Å². The summed E-state index contributed by atoms with van der Waals surface area (Å²) in [6, 6.07) is 13.6. The molecule has 0 aliphatic heterocycles. The van der Waals surface area contributed by atoms with Crippen LogP contribution in [0.2, 0.25) is 0 Å². The van der Waals surface area contributed by atoms with Crippen molar-refractivity contribution in [2.75, 3.05) is 4.72 Å². The Labute approximate surface area is 151 Å². The average Bonchev–Trinajstić information content (AvgIpc) is 2.60. The standard InChI is InChI=1S/C17H11F3N2O4S/c18-17(19,20)27(25,26)22-15-13(16(23)24)11-8-4-5-9-12(11)21-14(15)10-6-2-1-3-7-10/h1-9,22H,(H,23,24). The lowest BCUT2D eigenvalue weighted by Gasteiger charge is -2.17. The molecule has 6 nitrogen and oxygen atoms in total. The molecule has 3 aromatic rings. The van der Waals surface area contributed by atoms with E-state index in [1.807, 2.05) is 0 Å². The summed E-state index contributed by atoms with van der Waals surface area (Å²) in [6.45, 7) is 0. The van der Waals surface area contributed by atoms with Crippen molar-refractivity contribution < 1.29 is 31.5 Å². The van der Waals surface area contributed by atoms with Crippen molar-refractivity contribution in [2.45, 2.75) is 5.51 Å². The number of sulfonamides is 1. The number of nitrogens with zero attached hydrogens (tertiary/aromatic N) is 1. The molecule has 0 aliphatic carbocycles. The number of carboxylic acid groups (broad SMARTS) is 1. The molecule has 0 spiro atoms. The summed E-state index contributed by atoms with van der Waals surface area (Å²) in [4.78, 5) is 16.0. The zero-order chi connectivity index (χ0) is 19.8. The normalized spacial score (nSPS) is 12.1. The molecule has 0 aliphatic rings. The molecule has 0 fully saturated rings. The monoisotopic (exact) mass is 396 g/mol. The smallest absolute Gasteiger partial charge is 0.478 e. The van der Waals surface area contributed by atoms with Gasteiger partial charge in [0.1, 0.15) is 0 Å². The van der Waals surface area contributed by atoms with Gasteiger partial charge >= 0.3 is 21.5 Å². The molecule has 1 heterocycles. The van der Waals surface area contributed by atoms with E-state index < -0.39 is 32.8 Å². The predicted octanol–water partition coefficient (Wildman–Crippen LogP) is 3.86. The summed E-state index contributed by atoms with van der Waals surface area (Å²) in [5.74, 6) is -1.59. The number of nitrogens with one attached hydrogen (secondary N) is 1. The molecule has 27 heavy (non-hydrogen) atoms. The molecular weight excluding hydrogens is 385 g/mol. The van der Waals surface area contributed by atoms with Crippen molar-refractivity contribution in [1.29, 1.82) is 0 Å². The zero-order valence-corrected chi connectivity index (χ0v) is 14.2. The number of pyridine rings is 1. The van der Waals surface area contributed by atoms with Gasteiger partial charge in [0.15, 0.2) is 0 Å². The third-order valence-corrected chi connectivity index (χ3v) is 4.78. The van der Waals surface area contributed by atoms with E-state index in [0.29, 0.717) is 0 Å². The topological polar surface area (TPSA) is 96.4 Å². The molecule has 1 aromatic heterocycles. The van der Waals surface area contributed by atoms with E-state index in [9.17, 15) is 31.5 Å². The fraction of sp³-hybridized carbons (Fsp3) is 0.0588. The second-order valence-electron chi connectivity index (χ2n) is 5.45. The van der Waals surface area contributed by atoms with E-state index in [2.05, 4.69) is 4.98 Å². The second-order valence-corrected chi connectivity index (χ2v) is 7.12. The number of hydrogen-bond acceptors (Lipinski definition) is 4. The van der Waals surface area contributed by atoms with Crippen LogP contribution in [0.1, 0.15) is 10.4 Å². The Kier molecular flexibility index (Phi) is 4.52. The Hall–Kier alpha value is -3.14. The number of anilines is 1. The van der Waals surface area contributed by atoms with Crippen LogP contribution in [0.5, 0.6) is 0 Å². The summed E-state index contributed by atoms with van der Waals surface area (Å²) in [6.07, 6.45) is 0. The van der Waals surface area contributed by atoms with Crippen LogP contribution >= 0.6 is 0 Å². The maximum absolute atomic E-state index is 12.9. The number of para-hydroxylation sites is 1. The molecule has 0 atom stereocenters. The minimum atomic E-state index is -5.86. The molecule has 0 bridgehead atoms. The third kappa shape index (κ3) is 3.43. The molecule has 2 N–H and O–H groups in total. The first-order valence-electron chi connectivity index (χ1n) is 7.42. The van der Waals surface area contributed by atoms with Crippen molar-refractivity contribution in [1.82, 2.24) is 4.98 Å². The number of alkyl halides is 3. The van der Waals surface area contributed by atoms with Gasteiger partial charge in [-0.1, -0.05) is 48.5 Å². The van der Waals surface area contributed by atoms with E-state index in [0.717, 1.165) is 0 Å². The maximum atomic E-state index is 12.9. The zero-order valence-electron chi connectivity index (χ0n) is 13.4. The van der Waals surface area contributed by atoms with E-state index in [4.69, 9.17) is 0 Å². The molecule has 0 saturated heterocycles. The van der Waals surface area contributed by atoms with E-state index in [1.54, 1.807) is 24.3 Å². The van der Waals surface area contributed by atoms with Crippen molar-refractivity contribution in [3.63, 3.8) is 0 Å². The molecule has 10 heteroatoms. The van der Waals surface area contributed by atoms with Crippen LogP contribution < -0.4 is 4.72 Å². The van der Waals surface area contributed by atoms with Crippen LogP contribution in [0.25, 0.3) is 22.2 Å². The van der Waals surface area contributed by atoms with Crippen LogP contribution in [0, 0.1) is 0 Å².